The van der Waals surface area contributed by atoms with E-state index < -0.39 is 0 Å². The molecule has 240 valence electrons. The quantitative estimate of drug-likeness (QED) is 0.191. The molecule has 0 fully saturated rings. The number of nitrogens with zero attached hydrogens (tertiary/aromatic N) is 4. The molecule has 0 saturated carbocycles. The second-order valence-electron chi connectivity index (χ2n) is 13.6. The van der Waals surface area contributed by atoms with Crippen molar-refractivity contribution >= 4 is 40.0 Å². The van der Waals surface area contributed by atoms with Crippen molar-refractivity contribution in [3.63, 3.8) is 0 Å². The highest BCUT2D eigenvalue weighted by molar-refractivity contribution is 5.88. The van der Waals surface area contributed by atoms with Crippen molar-refractivity contribution in [2.45, 2.75) is 37.6 Å². The van der Waals surface area contributed by atoms with Gasteiger partial charge in [0.25, 0.3) is 0 Å². The Hall–Kier alpha value is -6.00. The maximum Gasteiger partial charge on any atom is 0.216 e. The minimum Gasteiger partial charge on any atom is -0.302 e. The number of allylic oxidation sites excluding steroid dienone is 9. The van der Waals surface area contributed by atoms with Crippen LogP contribution in [0.2, 0.25) is 0 Å². The Kier molecular flexibility index (Phi) is 6.87. The molecule has 2 unspecified atom stereocenters. The Bertz CT molecular complexity index is 2460. The third-order valence-corrected chi connectivity index (χ3v) is 10.6. The SMILES string of the molecule is C1=CCCC(c2cc(-c3cccc(N4c5cc6c(cc5C5C=CC=CC5n5c4nc4ccccc45)CCC=C6)c3)cc(-c3ccccc3)n2)=C1. The van der Waals surface area contributed by atoms with Crippen LogP contribution in [0, 0.1) is 0 Å². The van der Waals surface area contributed by atoms with Crippen LogP contribution in [-0.2, 0) is 6.42 Å². The largest absolute Gasteiger partial charge is 0.302 e. The predicted molar refractivity (Wildman–Crippen MR) is 207 cm³/mol. The number of para-hydroxylation sites is 2. The van der Waals surface area contributed by atoms with E-state index in [4.69, 9.17) is 9.97 Å². The second-order valence-corrected chi connectivity index (χ2v) is 13.6. The zero-order chi connectivity index (χ0) is 33.0. The number of imidazole rings is 1. The van der Waals surface area contributed by atoms with Gasteiger partial charge in [0, 0.05) is 17.2 Å². The number of benzene rings is 4. The zero-order valence-electron chi connectivity index (χ0n) is 27.8. The summed E-state index contributed by atoms with van der Waals surface area (Å²) < 4.78 is 2.46. The van der Waals surface area contributed by atoms with Crippen molar-refractivity contribution in [2.75, 3.05) is 4.90 Å². The molecule has 4 nitrogen and oxygen atoms in total. The minimum absolute atomic E-state index is 0.112. The van der Waals surface area contributed by atoms with E-state index in [1.165, 1.54) is 28.0 Å². The molecule has 0 radical (unpaired) electrons. The van der Waals surface area contributed by atoms with Gasteiger partial charge in [-0.25, -0.2) is 9.97 Å². The summed E-state index contributed by atoms with van der Waals surface area (Å²) in [6.07, 6.45) is 24.5. The first-order valence-corrected chi connectivity index (χ1v) is 17.8. The number of rotatable bonds is 4. The first kappa shape index (κ1) is 29.0. The van der Waals surface area contributed by atoms with Crippen LogP contribution in [0.15, 0.2) is 152 Å². The molecule has 0 amide bonds. The summed E-state index contributed by atoms with van der Waals surface area (Å²) >= 11 is 0. The molecule has 0 N–H and O–H groups in total. The zero-order valence-corrected chi connectivity index (χ0v) is 27.8. The maximum atomic E-state index is 5.39. The minimum atomic E-state index is 0.112. The highest BCUT2D eigenvalue weighted by atomic mass is 15.3. The van der Waals surface area contributed by atoms with Gasteiger partial charge in [0.05, 0.1) is 34.2 Å². The summed E-state index contributed by atoms with van der Waals surface area (Å²) in [7, 11) is 0. The molecule has 6 aromatic rings. The van der Waals surface area contributed by atoms with Crippen LogP contribution < -0.4 is 4.90 Å². The van der Waals surface area contributed by atoms with E-state index in [-0.39, 0.29) is 12.0 Å². The average Bonchev–Trinajstić information content (AvgIpc) is 3.52. The molecule has 1 aliphatic heterocycles. The Balaban J connectivity index is 1.20. The van der Waals surface area contributed by atoms with Crippen LogP contribution in [0.3, 0.4) is 0 Å². The van der Waals surface area contributed by atoms with E-state index in [1.54, 1.807) is 0 Å². The van der Waals surface area contributed by atoms with Crippen molar-refractivity contribution in [3.8, 4) is 22.4 Å². The lowest BCUT2D eigenvalue weighted by Crippen LogP contribution is -2.17. The van der Waals surface area contributed by atoms with E-state index in [9.17, 15) is 0 Å². The average molecular weight is 645 g/mol. The van der Waals surface area contributed by atoms with E-state index in [0.717, 1.165) is 76.4 Å². The van der Waals surface area contributed by atoms with Gasteiger partial charge in [0.2, 0.25) is 5.95 Å². The fourth-order valence-corrected chi connectivity index (χ4v) is 8.18. The molecule has 0 bridgehead atoms. The Morgan fingerprint density at radius 3 is 2.40 bits per heavy atom. The number of aryl methyl sites for hydroxylation is 1. The van der Waals surface area contributed by atoms with Crippen molar-refractivity contribution in [3.05, 3.63) is 174 Å². The number of anilines is 3. The van der Waals surface area contributed by atoms with Crippen molar-refractivity contribution in [1.82, 2.24) is 14.5 Å². The van der Waals surface area contributed by atoms with E-state index in [0.29, 0.717) is 0 Å². The lowest BCUT2D eigenvalue weighted by molar-refractivity contribution is 0.570. The molecule has 2 aromatic heterocycles. The molecule has 3 aliphatic carbocycles. The normalized spacial score (nSPS) is 18.6. The van der Waals surface area contributed by atoms with Gasteiger partial charge >= 0.3 is 0 Å². The Labute approximate surface area is 292 Å². The molecule has 4 aromatic carbocycles. The molecule has 10 rings (SSSR count). The fourth-order valence-electron chi connectivity index (χ4n) is 8.18. The molecular weight excluding hydrogens is 609 g/mol. The van der Waals surface area contributed by atoms with Gasteiger partial charge in [-0.15, -0.1) is 0 Å². The van der Waals surface area contributed by atoms with Gasteiger partial charge in [0.1, 0.15) is 0 Å². The molecule has 0 saturated heterocycles. The van der Waals surface area contributed by atoms with Gasteiger partial charge in [0.15, 0.2) is 0 Å². The van der Waals surface area contributed by atoms with Crippen LogP contribution in [0.4, 0.5) is 17.3 Å². The molecule has 0 spiro atoms. The van der Waals surface area contributed by atoms with Crippen LogP contribution in [0.5, 0.6) is 0 Å². The predicted octanol–water partition coefficient (Wildman–Crippen LogP) is 11.7. The number of fused-ring (bicyclic) bond motifs is 8. The molecule has 2 atom stereocenters. The Morgan fingerprint density at radius 2 is 1.48 bits per heavy atom. The van der Waals surface area contributed by atoms with Gasteiger partial charge in [-0.2, -0.15) is 0 Å². The van der Waals surface area contributed by atoms with Gasteiger partial charge < -0.3 is 4.57 Å². The highest BCUT2D eigenvalue weighted by Crippen LogP contribution is 2.51. The molecule has 50 heavy (non-hydrogen) atoms. The molecular formula is C46H36N4. The lowest BCUT2D eigenvalue weighted by atomic mass is 9.83. The topological polar surface area (TPSA) is 34.0 Å². The van der Waals surface area contributed by atoms with Crippen molar-refractivity contribution < 1.29 is 0 Å². The van der Waals surface area contributed by atoms with Crippen LogP contribution in [0.1, 0.15) is 53.6 Å². The third-order valence-electron chi connectivity index (χ3n) is 10.6. The number of aromatic nitrogens is 3. The summed E-state index contributed by atoms with van der Waals surface area (Å²) in [6, 6.07) is 37.6. The van der Waals surface area contributed by atoms with Gasteiger partial charge in [-0.1, -0.05) is 115 Å². The van der Waals surface area contributed by atoms with Gasteiger partial charge in [-0.05, 0) is 102 Å². The van der Waals surface area contributed by atoms with Crippen LogP contribution in [0.25, 0.3) is 45.1 Å². The monoisotopic (exact) mass is 644 g/mol. The Morgan fingerprint density at radius 1 is 0.640 bits per heavy atom. The highest BCUT2D eigenvalue weighted by Gasteiger charge is 2.36. The molecule has 4 aliphatic rings. The van der Waals surface area contributed by atoms with E-state index in [2.05, 4.69) is 167 Å². The first-order chi connectivity index (χ1) is 24.8. The molecule has 3 heterocycles. The van der Waals surface area contributed by atoms with Crippen LogP contribution in [-0.4, -0.2) is 14.5 Å². The first-order valence-electron chi connectivity index (χ1n) is 17.8. The number of hydrogen-bond donors (Lipinski definition) is 0. The summed E-state index contributed by atoms with van der Waals surface area (Å²) in [5.74, 6) is 1.13. The number of hydrogen-bond acceptors (Lipinski definition) is 3. The summed E-state index contributed by atoms with van der Waals surface area (Å²) in [4.78, 5) is 13.0. The fraction of sp³-hybridized carbons (Fsp3) is 0.130. The second kappa shape index (κ2) is 11.9. The summed E-state index contributed by atoms with van der Waals surface area (Å²) in [5, 5.41) is 0. The third kappa shape index (κ3) is 4.82. The van der Waals surface area contributed by atoms with Crippen LogP contribution >= 0.6 is 0 Å². The summed E-state index contributed by atoms with van der Waals surface area (Å²) in [6.45, 7) is 0. The lowest BCUT2D eigenvalue weighted by Gasteiger charge is -2.27. The molecule has 4 heteroatoms. The standard InChI is InChI=1S/C46H36N4/c1-3-14-31(15-4-1)41-28-36(29-42(47-41)32-16-5-2-6-17-32)33-20-13-21-37(26-33)49-45-30-35-19-8-7-18-34(35)27-39(45)38-22-9-11-24-43(38)50-44-25-12-10-23-40(44)48-46(49)50/h1-5,8-16,19-30,38,43H,6-7,17-18H2. The smallest absolute Gasteiger partial charge is 0.216 e. The van der Waals surface area contributed by atoms with Gasteiger partial charge in [-0.3, -0.25) is 4.90 Å². The van der Waals surface area contributed by atoms with Crippen molar-refractivity contribution in [1.29, 1.82) is 0 Å². The summed E-state index contributed by atoms with van der Waals surface area (Å²) in [5.41, 5.74) is 15.2. The van der Waals surface area contributed by atoms with E-state index in [1.807, 2.05) is 0 Å². The number of pyridine rings is 1. The van der Waals surface area contributed by atoms with E-state index >= 15 is 0 Å². The van der Waals surface area contributed by atoms with Crippen molar-refractivity contribution in [2.24, 2.45) is 0 Å². The maximum absolute atomic E-state index is 5.39.